The van der Waals surface area contributed by atoms with Crippen molar-refractivity contribution < 1.29 is 14.7 Å². The Morgan fingerprint density at radius 3 is 2.48 bits per heavy atom. The molecule has 1 aliphatic rings. The molecule has 0 radical (unpaired) electrons. The lowest BCUT2D eigenvalue weighted by atomic mass is 10.1. The molecule has 0 spiro atoms. The maximum atomic E-state index is 12.6. The van der Waals surface area contributed by atoms with Gasteiger partial charge in [0.2, 0.25) is 5.91 Å². The molecule has 0 bridgehead atoms. The van der Waals surface area contributed by atoms with E-state index in [1.165, 1.54) is 0 Å². The van der Waals surface area contributed by atoms with Gasteiger partial charge in [0.25, 0.3) is 5.91 Å². The van der Waals surface area contributed by atoms with Crippen LogP contribution in [0.25, 0.3) is 0 Å². The van der Waals surface area contributed by atoms with Gasteiger partial charge in [-0.05, 0) is 44.5 Å². The van der Waals surface area contributed by atoms with Crippen LogP contribution in [0.3, 0.4) is 0 Å². The number of piperazine rings is 1. The molecule has 1 fully saturated rings. The topological polar surface area (TPSA) is 60.9 Å². The van der Waals surface area contributed by atoms with E-state index < -0.39 is 5.60 Å². The highest BCUT2D eigenvalue weighted by Crippen LogP contribution is 2.12. The van der Waals surface area contributed by atoms with Crippen LogP contribution in [0.4, 0.5) is 0 Å². The molecule has 5 nitrogen and oxygen atoms in total. The Bertz CT molecular complexity index is 678. The van der Waals surface area contributed by atoms with E-state index in [9.17, 15) is 14.7 Å². The fraction of sp³-hybridized carbons (Fsp3) is 0.500. The molecular weight excluding hydrogens is 316 g/mol. The minimum Gasteiger partial charge on any atom is -0.378 e. The third kappa shape index (κ3) is 5.61. The summed E-state index contributed by atoms with van der Waals surface area (Å²) in [5, 5.41) is 9.62. The van der Waals surface area contributed by atoms with Crippen molar-refractivity contribution in [2.75, 3.05) is 26.2 Å². The van der Waals surface area contributed by atoms with Crippen LogP contribution in [-0.4, -0.2) is 58.5 Å². The van der Waals surface area contributed by atoms with Crippen LogP contribution < -0.4 is 0 Å². The molecule has 25 heavy (non-hydrogen) atoms. The number of rotatable bonds is 4. The fourth-order valence-corrected chi connectivity index (χ4v) is 2.57. The number of carbonyl (C=O) groups excluding carboxylic acids is 2. The fourth-order valence-electron chi connectivity index (χ4n) is 2.57. The molecule has 1 aliphatic heterocycles. The summed E-state index contributed by atoms with van der Waals surface area (Å²) in [6.07, 6.45) is 2.04. The number of hydrogen-bond acceptors (Lipinski definition) is 3. The SMILES string of the molecule is CCCCN1CCN(C(=O)c2ccc(C#CC(C)(C)O)cc2)CC1=O. The number of amides is 2. The first-order chi connectivity index (χ1) is 11.8. The molecule has 1 heterocycles. The third-order valence-corrected chi connectivity index (χ3v) is 4.03. The lowest BCUT2D eigenvalue weighted by Crippen LogP contribution is -2.52. The van der Waals surface area contributed by atoms with Crippen molar-refractivity contribution in [3.8, 4) is 11.8 Å². The van der Waals surface area contributed by atoms with Gasteiger partial charge in [-0.1, -0.05) is 25.2 Å². The van der Waals surface area contributed by atoms with Crippen LogP contribution in [0.15, 0.2) is 24.3 Å². The second-order valence-electron chi connectivity index (χ2n) is 6.85. The van der Waals surface area contributed by atoms with Crippen LogP contribution in [-0.2, 0) is 4.79 Å². The highest BCUT2D eigenvalue weighted by atomic mass is 16.3. The summed E-state index contributed by atoms with van der Waals surface area (Å²) in [7, 11) is 0. The van der Waals surface area contributed by atoms with E-state index in [2.05, 4.69) is 18.8 Å². The van der Waals surface area contributed by atoms with Gasteiger partial charge in [-0.3, -0.25) is 9.59 Å². The number of benzene rings is 1. The third-order valence-electron chi connectivity index (χ3n) is 4.03. The molecule has 0 aromatic heterocycles. The number of hydrogen-bond donors (Lipinski definition) is 1. The van der Waals surface area contributed by atoms with Gasteiger partial charge in [0.05, 0.1) is 0 Å². The van der Waals surface area contributed by atoms with Crippen molar-refractivity contribution in [2.24, 2.45) is 0 Å². The van der Waals surface area contributed by atoms with E-state index in [0.29, 0.717) is 18.7 Å². The minimum absolute atomic E-state index is 0.0146. The Labute approximate surface area is 149 Å². The Morgan fingerprint density at radius 1 is 1.24 bits per heavy atom. The summed E-state index contributed by atoms with van der Waals surface area (Å²) in [6.45, 7) is 7.41. The molecule has 2 amide bonds. The second-order valence-corrected chi connectivity index (χ2v) is 6.85. The molecule has 2 rings (SSSR count). The molecule has 0 aliphatic carbocycles. The van der Waals surface area contributed by atoms with Gasteiger partial charge in [0, 0.05) is 30.8 Å². The Balaban J connectivity index is 1.99. The Morgan fingerprint density at radius 2 is 1.92 bits per heavy atom. The molecular formula is C20H26N2O3. The minimum atomic E-state index is -1.05. The number of unbranched alkanes of at least 4 members (excludes halogenated alkanes) is 1. The van der Waals surface area contributed by atoms with Crippen LogP contribution in [0.5, 0.6) is 0 Å². The first kappa shape index (κ1) is 19.0. The largest absolute Gasteiger partial charge is 0.378 e. The van der Waals surface area contributed by atoms with E-state index in [4.69, 9.17) is 0 Å². The number of carbonyl (C=O) groups is 2. The van der Waals surface area contributed by atoms with Crippen molar-refractivity contribution in [3.63, 3.8) is 0 Å². The quantitative estimate of drug-likeness (QED) is 0.850. The van der Waals surface area contributed by atoms with E-state index in [0.717, 1.165) is 24.9 Å². The van der Waals surface area contributed by atoms with E-state index >= 15 is 0 Å². The van der Waals surface area contributed by atoms with Crippen molar-refractivity contribution in [1.82, 2.24) is 9.80 Å². The molecule has 134 valence electrons. The maximum absolute atomic E-state index is 12.6. The predicted molar refractivity (Wildman–Crippen MR) is 97.0 cm³/mol. The van der Waals surface area contributed by atoms with Crippen LogP contribution in [0.1, 0.15) is 49.5 Å². The average molecular weight is 342 g/mol. The summed E-state index contributed by atoms with van der Waals surface area (Å²) >= 11 is 0. The van der Waals surface area contributed by atoms with Crippen LogP contribution in [0.2, 0.25) is 0 Å². The second kappa shape index (κ2) is 8.17. The zero-order valence-corrected chi connectivity index (χ0v) is 15.2. The van der Waals surface area contributed by atoms with Crippen molar-refractivity contribution in [3.05, 3.63) is 35.4 Å². The van der Waals surface area contributed by atoms with Crippen LogP contribution in [0, 0.1) is 11.8 Å². The molecule has 1 N–H and O–H groups in total. The monoisotopic (exact) mass is 342 g/mol. The standard InChI is InChI=1S/C20H26N2O3/c1-4-5-12-21-13-14-22(15-18(21)23)19(24)17-8-6-16(7-9-17)10-11-20(2,3)25/h6-9,25H,4-5,12-15H2,1-3H3. The van der Waals surface area contributed by atoms with Gasteiger partial charge in [-0.25, -0.2) is 0 Å². The molecule has 5 heteroatoms. The van der Waals surface area contributed by atoms with Gasteiger partial charge in [-0.2, -0.15) is 0 Å². The average Bonchev–Trinajstić information content (AvgIpc) is 2.58. The Kier molecular flexibility index (Phi) is 6.22. The van der Waals surface area contributed by atoms with Crippen molar-refractivity contribution >= 4 is 11.8 Å². The Hall–Kier alpha value is -2.32. The van der Waals surface area contributed by atoms with E-state index in [1.807, 2.05) is 4.90 Å². The molecule has 1 aromatic carbocycles. The van der Waals surface area contributed by atoms with Crippen LogP contribution >= 0.6 is 0 Å². The first-order valence-corrected chi connectivity index (χ1v) is 8.73. The smallest absolute Gasteiger partial charge is 0.254 e. The lowest BCUT2D eigenvalue weighted by Gasteiger charge is -2.34. The van der Waals surface area contributed by atoms with Gasteiger partial charge in [0.1, 0.15) is 12.1 Å². The predicted octanol–water partition coefficient (Wildman–Crippen LogP) is 1.89. The first-order valence-electron chi connectivity index (χ1n) is 8.73. The molecule has 0 atom stereocenters. The zero-order chi connectivity index (χ0) is 18.4. The summed E-state index contributed by atoms with van der Waals surface area (Å²) in [5.74, 6) is 5.50. The highest BCUT2D eigenvalue weighted by Gasteiger charge is 2.27. The summed E-state index contributed by atoms with van der Waals surface area (Å²) in [5.41, 5.74) is 0.231. The highest BCUT2D eigenvalue weighted by molar-refractivity contribution is 5.97. The lowest BCUT2D eigenvalue weighted by molar-refractivity contribution is -0.135. The number of aliphatic hydroxyl groups is 1. The molecule has 0 saturated carbocycles. The summed E-state index contributed by atoms with van der Waals surface area (Å²) in [4.78, 5) is 28.2. The van der Waals surface area contributed by atoms with E-state index in [-0.39, 0.29) is 18.4 Å². The maximum Gasteiger partial charge on any atom is 0.254 e. The molecule has 1 saturated heterocycles. The van der Waals surface area contributed by atoms with Crippen molar-refractivity contribution in [2.45, 2.75) is 39.2 Å². The number of nitrogens with zero attached hydrogens (tertiary/aromatic N) is 2. The molecule has 1 aromatic rings. The van der Waals surface area contributed by atoms with Gasteiger partial charge < -0.3 is 14.9 Å². The van der Waals surface area contributed by atoms with Gasteiger partial charge >= 0.3 is 0 Å². The van der Waals surface area contributed by atoms with E-state index in [1.54, 1.807) is 43.0 Å². The van der Waals surface area contributed by atoms with Crippen molar-refractivity contribution in [1.29, 1.82) is 0 Å². The zero-order valence-electron chi connectivity index (χ0n) is 15.2. The summed E-state index contributed by atoms with van der Waals surface area (Å²) < 4.78 is 0. The van der Waals surface area contributed by atoms with Gasteiger partial charge in [0.15, 0.2) is 0 Å². The normalized spacial score (nSPS) is 15.0. The molecule has 0 unspecified atom stereocenters. The summed E-state index contributed by atoms with van der Waals surface area (Å²) in [6, 6.07) is 6.94. The van der Waals surface area contributed by atoms with Gasteiger partial charge in [-0.15, -0.1) is 0 Å².